The van der Waals surface area contributed by atoms with Gasteiger partial charge in [-0.3, -0.25) is 4.90 Å². The van der Waals surface area contributed by atoms with E-state index in [2.05, 4.69) is 29.2 Å². The fourth-order valence-corrected chi connectivity index (χ4v) is 2.92. The number of ether oxygens (including phenoxy) is 2. The monoisotopic (exact) mass is 367 g/mol. The molecule has 0 saturated heterocycles. The van der Waals surface area contributed by atoms with Crippen LogP contribution in [0.2, 0.25) is 0 Å². The molecule has 1 aliphatic rings. The lowest BCUT2D eigenvalue weighted by atomic mass is 10.2. The van der Waals surface area contributed by atoms with Crippen LogP contribution in [-0.4, -0.2) is 36.6 Å². The van der Waals surface area contributed by atoms with Crippen LogP contribution in [0.3, 0.4) is 0 Å². The van der Waals surface area contributed by atoms with Crippen LogP contribution in [0.5, 0.6) is 11.5 Å². The molecule has 1 heterocycles. The number of rotatable bonds is 7. The molecule has 1 unspecified atom stereocenters. The van der Waals surface area contributed by atoms with Gasteiger partial charge in [-0.05, 0) is 30.7 Å². The lowest BCUT2D eigenvalue weighted by Gasteiger charge is -2.31. The van der Waals surface area contributed by atoms with Gasteiger partial charge in [-0.25, -0.2) is 0 Å². The summed E-state index contributed by atoms with van der Waals surface area (Å²) in [6.45, 7) is 3.28. The molecule has 0 spiro atoms. The van der Waals surface area contributed by atoms with E-state index in [1.54, 1.807) is 0 Å². The first kappa shape index (κ1) is 18.9. The lowest BCUT2D eigenvalue weighted by molar-refractivity contribution is 0.0565. The number of benzene rings is 2. The first-order valence-corrected chi connectivity index (χ1v) is 8.59. The van der Waals surface area contributed by atoms with Crippen LogP contribution in [0, 0.1) is 0 Å². The Morgan fingerprint density at radius 2 is 1.71 bits per heavy atom. The summed E-state index contributed by atoms with van der Waals surface area (Å²) in [5.74, 6) is 2.34. The normalized spacial score (nSPS) is 15.8. The van der Waals surface area contributed by atoms with Gasteiger partial charge in [-0.1, -0.05) is 42.5 Å². The summed E-state index contributed by atoms with van der Waals surface area (Å²) in [6.07, 6.45) is 1.02. The summed E-state index contributed by atoms with van der Waals surface area (Å²) in [5.41, 5.74) is 1.30. The van der Waals surface area contributed by atoms with Crippen molar-refractivity contribution in [2.24, 2.45) is 0 Å². The van der Waals surface area contributed by atoms with Crippen molar-refractivity contribution in [3.8, 4) is 11.5 Å². The van der Waals surface area contributed by atoms with E-state index in [4.69, 9.17) is 21.1 Å². The van der Waals surface area contributed by atoms with Gasteiger partial charge in [0.2, 0.25) is 0 Å². The van der Waals surface area contributed by atoms with Crippen LogP contribution < -0.4 is 9.47 Å². The molecule has 24 heavy (non-hydrogen) atoms. The maximum absolute atomic E-state index is 6.08. The molecular weight excluding hydrogens is 345 g/mol. The molecule has 1 aliphatic heterocycles. The highest BCUT2D eigenvalue weighted by molar-refractivity contribution is 6.17. The Labute approximate surface area is 154 Å². The summed E-state index contributed by atoms with van der Waals surface area (Å²) in [6, 6.07) is 18.3. The summed E-state index contributed by atoms with van der Waals surface area (Å²) in [7, 11) is 0. The number of hydrogen-bond donors (Lipinski definition) is 0. The zero-order chi connectivity index (χ0) is 15.9. The van der Waals surface area contributed by atoms with Crippen molar-refractivity contribution in [2.45, 2.75) is 19.1 Å². The molecule has 2 aromatic carbocycles. The summed E-state index contributed by atoms with van der Waals surface area (Å²) >= 11 is 5.88. The van der Waals surface area contributed by atoms with E-state index in [1.165, 1.54) is 5.56 Å². The number of halogens is 2. The average molecular weight is 368 g/mol. The standard InChI is InChI=1S/C19H22ClNO2.ClH/c20-11-6-12-21(13-16-7-2-1-3-8-16)14-17-15-22-18-9-4-5-10-19(18)23-17;/h1-5,7-10,17H,6,11-15H2;1H. The molecule has 0 fully saturated rings. The molecule has 0 amide bonds. The van der Waals surface area contributed by atoms with Crippen LogP contribution in [0.15, 0.2) is 54.6 Å². The Hall–Kier alpha value is -1.42. The molecule has 1 atom stereocenters. The summed E-state index contributed by atoms with van der Waals surface area (Å²) in [5, 5.41) is 0. The van der Waals surface area contributed by atoms with Crippen molar-refractivity contribution in [1.82, 2.24) is 4.90 Å². The number of fused-ring (bicyclic) bond motifs is 1. The van der Waals surface area contributed by atoms with E-state index in [0.717, 1.165) is 37.6 Å². The van der Waals surface area contributed by atoms with Crippen LogP contribution in [0.4, 0.5) is 0 Å². The van der Waals surface area contributed by atoms with E-state index in [0.29, 0.717) is 12.5 Å². The highest BCUT2D eigenvalue weighted by Gasteiger charge is 2.23. The topological polar surface area (TPSA) is 21.7 Å². The van der Waals surface area contributed by atoms with Crippen LogP contribution in [0.25, 0.3) is 0 Å². The van der Waals surface area contributed by atoms with Gasteiger partial charge in [0, 0.05) is 19.0 Å². The van der Waals surface area contributed by atoms with Crippen molar-refractivity contribution < 1.29 is 9.47 Å². The third-order valence-electron chi connectivity index (χ3n) is 3.89. The van der Waals surface area contributed by atoms with Crippen molar-refractivity contribution in [2.75, 3.05) is 25.6 Å². The minimum atomic E-state index is 0. The maximum Gasteiger partial charge on any atom is 0.161 e. The van der Waals surface area contributed by atoms with Gasteiger partial charge in [-0.15, -0.1) is 24.0 Å². The molecule has 2 aromatic rings. The second kappa shape index (κ2) is 9.77. The largest absolute Gasteiger partial charge is 0.486 e. The Balaban J connectivity index is 0.00000208. The molecule has 3 nitrogen and oxygen atoms in total. The molecule has 3 rings (SSSR count). The highest BCUT2D eigenvalue weighted by atomic mass is 35.5. The van der Waals surface area contributed by atoms with Gasteiger partial charge >= 0.3 is 0 Å². The van der Waals surface area contributed by atoms with Crippen LogP contribution in [-0.2, 0) is 6.54 Å². The molecule has 130 valence electrons. The second-order valence-corrected chi connectivity index (χ2v) is 6.14. The Bertz CT molecular complexity index is 609. The van der Waals surface area contributed by atoms with E-state index in [9.17, 15) is 0 Å². The highest BCUT2D eigenvalue weighted by Crippen LogP contribution is 2.31. The fraction of sp³-hybridized carbons (Fsp3) is 0.368. The van der Waals surface area contributed by atoms with E-state index < -0.39 is 0 Å². The van der Waals surface area contributed by atoms with Gasteiger partial charge in [-0.2, -0.15) is 0 Å². The zero-order valence-corrected chi connectivity index (χ0v) is 15.1. The molecular formula is C19H23Cl2NO2. The SMILES string of the molecule is Cl.ClCCCN(Cc1ccccc1)CC1COc2ccccc2O1. The van der Waals surface area contributed by atoms with Crippen molar-refractivity contribution in [3.05, 3.63) is 60.2 Å². The first-order valence-electron chi connectivity index (χ1n) is 8.06. The van der Waals surface area contributed by atoms with Crippen molar-refractivity contribution in [1.29, 1.82) is 0 Å². The van der Waals surface area contributed by atoms with Crippen molar-refractivity contribution in [3.63, 3.8) is 0 Å². The number of alkyl halides is 1. The fourth-order valence-electron chi connectivity index (χ4n) is 2.80. The minimum absolute atomic E-state index is 0. The van der Waals surface area contributed by atoms with Gasteiger partial charge in [0.15, 0.2) is 11.5 Å². The molecule has 0 radical (unpaired) electrons. The predicted octanol–water partition coefficient (Wildman–Crippen LogP) is 4.38. The minimum Gasteiger partial charge on any atom is -0.486 e. The maximum atomic E-state index is 6.08. The van der Waals surface area contributed by atoms with Crippen LogP contribution in [0.1, 0.15) is 12.0 Å². The van der Waals surface area contributed by atoms with Gasteiger partial charge < -0.3 is 9.47 Å². The zero-order valence-electron chi connectivity index (χ0n) is 13.6. The van der Waals surface area contributed by atoms with Crippen molar-refractivity contribution >= 4 is 24.0 Å². The summed E-state index contributed by atoms with van der Waals surface area (Å²) < 4.78 is 11.9. The van der Waals surface area contributed by atoms with Gasteiger partial charge in [0.1, 0.15) is 12.7 Å². The molecule has 0 bridgehead atoms. The molecule has 0 aliphatic carbocycles. The Morgan fingerprint density at radius 1 is 1.00 bits per heavy atom. The molecule has 0 N–H and O–H groups in total. The molecule has 5 heteroatoms. The number of nitrogens with zero attached hydrogens (tertiary/aromatic N) is 1. The first-order chi connectivity index (χ1) is 11.3. The average Bonchev–Trinajstić information content (AvgIpc) is 2.60. The Kier molecular flexibility index (Phi) is 7.70. The van der Waals surface area contributed by atoms with E-state index in [-0.39, 0.29) is 18.5 Å². The third kappa shape index (κ3) is 5.30. The summed E-state index contributed by atoms with van der Waals surface area (Å²) in [4.78, 5) is 2.39. The molecule has 0 saturated carbocycles. The third-order valence-corrected chi connectivity index (χ3v) is 4.15. The Morgan fingerprint density at radius 3 is 2.46 bits per heavy atom. The number of hydrogen-bond acceptors (Lipinski definition) is 3. The quantitative estimate of drug-likeness (QED) is 0.677. The van der Waals surface area contributed by atoms with Gasteiger partial charge in [0.05, 0.1) is 0 Å². The van der Waals surface area contributed by atoms with Crippen LogP contribution >= 0.6 is 24.0 Å². The predicted molar refractivity (Wildman–Crippen MR) is 101 cm³/mol. The second-order valence-electron chi connectivity index (χ2n) is 5.76. The van der Waals surface area contributed by atoms with Gasteiger partial charge in [0.25, 0.3) is 0 Å². The van der Waals surface area contributed by atoms with E-state index >= 15 is 0 Å². The smallest absolute Gasteiger partial charge is 0.161 e. The van der Waals surface area contributed by atoms with E-state index in [1.807, 2.05) is 30.3 Å². The molecule has 0 aromatic heterocycles. The lowest BCUT2D eigenvalue weighted by Crippen LogP contribution is -2.41. The number of para-hydroxylation sites is 2.